The summed E-state index contributed by atoms with van der Waals surface area (Å²) in [5.41, 5.74) is 6.91. The number of nitrogens with zero attached hydrogens (tertiary/aromatic N) is 2. The fourth-order valence-corrected chi connectivity index (χ4v) is 8.07. The molecule has 4 aliphatic rings. The summed E-state index contributed by atoms with van der Waals surface area (Å²) in [5.74, 6) is -3.91. The first-order valence-electron chi connectivity index (χ1n) is 12.3. The molecule has 2 fully saturated rings. The molecule has 4 atom stereocenters. The summed E-state index contributed by atoms with van der Waals surface area (Å²) in [6.07, 6.45) is 3.66. The van der Waals surface area contributed by atoms with Gasteiger partial charge < -0.3 is 11.1 Å². The molecule has 9 nitrogen and oxygen atoms in total. The molecule has 4 amide bonds. The predicted molar refractivity (Wildman–Crippen MR) is 137 cm³/mol. The number of carbonyl (C=O) groups is 4. The SMILES string of the molecule is Cc1c(Cl)ccc2c1NC(=O)C21NC(CCC(N)=O)C2C(=O)N(c3sc4c(c3C#N)CCCC4)C(=O)C21. The molecule has 11 heteroatoms. The second-order valence-electron chi connectivity index (χ2n) is 10.1. The fraction of sp³-hybridized carbons (Fsp3) is 0.423. The molecule has 2 saturated heterocycles. The molecule has 1 aliphatic carbocycles. The van der Waals surface area contributed by atoms with E-state index in [1.807, 2.05) is 0 Å². The number of hydrogen-bond acceptors (Lipinski definition) is 7. The molecule has 1 aromatic heterocycles. The monoisotopic (exact) mass is 537 g/mol. The van der Waals surface area contributed by atoms with Crippen molar-refractivity contribution in [3.63, 3.8) is 0 Å². The molecule has 190 valence electrons. The lowest BCUT2D eigenvalue weighted by molar-refractivity contribution is -0.130. The van der Waals surface area contributed by atoms with Gasteiger partial charge in [-0.3, -0.25) is 24.5 Å². The Kier molecular flexibility index (Phi) is 5.46. The number of nitrogens with two attached hydrogens (primary N) is 1. The number of rotatable bonds is 4. The van der Waals surface area contributed by atoms with Crippen LogP contribution in [0, 0.1) is 30.1 Å². The molecule has 4 heterocycles. The number of hydrogen-bond donors (Lipinski definition) is 3. The van der Waals surface area contributed by atoms with Gasteiger partial charge in [-0.15, -0.1) is 11.3 Å². The summed E-state index contributed by atoms with van der Waals surface area (Å²) < 4.78 is 0. The Hall–Kier alpha value is -3.26. The summed E-state index contributed by atoms with van der Waals surface area (Å²) in [6.45, 7) is 1.78. The first-order valence-corrected chi connectivity index (χ1v) is 13.5. The number of imide groups is 1. The third-order valence-corrected chi connectivity index (χ3v) is 9.94. The molecule has 0 radical (unpaired) electrons. The van der Waals surface area contributed by atoms with Gasteiger partial charge in [0.15, 0.2) is 0 Å². The quantitative estimate of drug-likeness (QED) is 0.511. The first-order chi connectivity index (χ1) is 17.7. The molecule has 1 aromatic carbocycles. The van der Waals surface area contributed by atoms with Crippen molar-refractivity contribution in [3.8, 4) is 6.07 Å². The topological polar surface area (TPSA) is 145 Å². The number of nitrogens with one attached hydrogen (secondary N) is 2. The maximum absolute atomic E-state index is 14.2. The lowest BCUT2D eigenvalue weighted by Gasteiger charge is -2.29. The lowest BCUT2D eigenvalue weighted by Crippen LogP contribution is -2.53. The second kappa shape index (κ2) is 8.38. The van der Waals surface area contributed by atoms with E-state index in [9.17, 15) is 24.4 Å². The number of amides is 4. The van der Waals surface area contributed by atoms with Crippen molar-refractivity contribution in [1.82, 2.24) is 5.32 Å². The van der Waals surface area contributed by atoms with Crippen molar-refractivity contribution in [2.45, 2.75) is 57.0 Å². The molecule has 4 unspecified atom stereocenters. The maximum atomic E-state index is 14.2. The number of thiophene rings is 1. The van der Waals surface area contributed by atoms with Crippen LogP contribution in [-0.2, 0) is 37.6 Å². The van der Waals surface area contributed by atoms with Crippen LogP contribution in [-0.4, -0.2) is 29.7 Å². The van der Waals surface area contributed by atoms with E-state index in [0.29, 0.717) is 32.4 Å². The van der Waals surface area contributed by atoms with E-state index in [1.54, 1.807) is 19.1 Å². The van der Waals surface area contributed by atoms with Crippen molar-refractivity contribution < 1.29 is 19.2 Å². The minimum absolute atomic E-state index is 0.0106. The molecule has 37 heavy (non-hydrogen) atoms. The Bertz CT molecular complexity index is 1460. The average molecular weight is 538 g/mol. The van der Waals surface area contributed by atoms with Crippen LogP contribution < -0.4 is 21.3 Å². The number of primary amides is 1. The number of aryl methyl sites for hydroxylation is 1. The Labute approximate surface area is 221 Å². The average Bonchev–Trinajstić information content (AvgIpc) is 3.56. The van der Waals surface area contributed by atoms with Crippen LogP contribution in [0.25, 0.3) is 0 Å². The predicted octanol–water partition coefficient (Wildman–Crippen LogP) is 2.65. The van der Waals surface area contributed by atoms with Gasteiger partial charge in [-0.05, 0) is 56.2 Å². The molecular weight excluding hydrogens is 514 g/mol. The van der Waals surface area contributed by atoms with E-state index in [-0.39, 0.29) is 12.8 Å². The molecule has 6 rings (SSSR count). The maximum Gasteiger partial charge on any atom is 0.250 e. The van der Waals surface area contributed by atoms with Crippen LogP contribution in [0.2, 0.25) is 5.02 Å². The van der Waals surface area contributed by atoms with Crippen LogP contribution in [0.4, 0.5) is 10.7 Å². The van der Waals surface area contributed by atoms with E-state index in [0.717, 1.165) is 41.0 Å². The standard InChI is InChI=1S/C26H24ClN5O4S/c1-11-15(27)7-6-14-21(11)30-25(36)26(14)20-19(16(31-26)8-9-18(29)33)22(34)32(23(20)35)24-13(10-28)12-4-2-3-5-17(12)37-24/h6-7,16,19-20,31H,2-5,8-9H2,1H3,(H2,29,33)(H,30,36). The van der Waals surface area contributed by atoms with Crippen LogP contribution in [0.1, 0.15) is 52.8 Å². The smallest absolute Gasteiger partial charge is 0.250 e. The molecule has 3 aliphatic heterocycles. The fourth-order valence-electron chi connectivity index (χ4n) is 6.56. The molecule has 0 saturated carbocycles. The van der Waals surface area contributed by atoms with Gasteiger partial charge >= 0.3 is 0 Å². The van der Waals surface area contributed by atoms with Gasteiger partial charge in [0.05, 0.1) is 23.1 Å². The van der Waals surface area contributed by atoms with Gasteiger partial charge in [0.25, 0.3) is 0 Å². The Morgan fingerprint density at radius 2 is 2.03 bits per heavy atom. The van der Waals surface area contributed by atoms with Gasteiger partial charge in [0, 0.05) is 27.9 Å². The van der Waals surface area contributed by atoms with Crippen LogP contribution in [0.3, 0.4) is 0 Å². The van der Waals surface area contributed by atoms with Gasteiger partial charge in [0.2, 0.25) is 23.6 Å². The van der Waals surface area contributed by atoms with Crippen molar-refractivity contribution in [1.29, 1.82) is 5.26 Å². The Morgan fingerprint density at radius 1 is 1.27 bits per heavy atom. The zero-order valence-electron chi connectivity index (χ0n) is 20.0. The molecule has 0 bridgehead atoms. The van der Waals surface area contributed by atoms with E-state index >= 15 is 0 Å². The number of benzene rings is 1. The molecule has 1 spiro atoms. The second-order valence-corrected chi connectivity index (χ2v) is 11.6. The van der Waals surface area contributed by atoms with Crippen molar-refractivity contribution >= 4 is 57.3 Å². The van der Waals surface area contributed by atoms with E-state index in [2.05, 4.69) is 16.7 Å². The summed E-state index contributed by atoms with van der Waals surface area (Å²) in [4.78, 5) is 55.7. The highest BCUT2D eigenvalue weighted by atomic mass is 35.5. The van der Waals surface area contributed by atoms with Crippen LogP contribution in [0.15, 0.2) is 12.1 Å². The minimum Gasteiger partial charge on any atom is -0.370 e. The highest BCUT2D eigenvalue weighted by Gasteiger charge is 2.71. The highest BCUT2D eigenvalue weighted by molar-refractivity contribution is 7.17. The van der Waals surface area contributed by atoms with Crippen molar-refractivity contribution in [3.05, 3.63) is 44.3 Å². The van der Waals surface area contributed by atoms with E-state index in [4.69, 9.17) is 17.3 Å². The summed E-state index contributed by atoms with van der Waals surface area (Å²) >= 11 is 7.64. The van der Waals surface area contributed by atoms with Gasteiger partial charge in [-0.25, -0.2) is 4.90 Å². The zero-order chi connectivity index (χ0) is 26.2. The number of halogens is 1. The lowest BCUT2D eigenvalue weighted by atomic mass is 9.76. The molecular formula is C26H24ClN5O4S. The zero-order valence-corrected chi connectivity index (χ0v) is 21.6. The van der Waals surface area contributed by atoms with Gasteiger partial charge in [-0.1, -0.05) is 17.7 Å². The van der Waals surface area contributed by atoms with Crippen molar-refractivity contribution in [2.24, 2.45) is 17.6 Å². The van der Waals surface area contributed by atoms with E-state index in [1.165, 1.54) is 11.3 Å². The third-order valence-electron chi connectivity index (χ3n) is 8.25. The van der Waals surface area contributed by atoms with Gasteiger partial charge in [0.1, 0.15) is 16.6 Å². The largest absolute Gasteiger partial charge is 0.370 e. The number of nitriles is 1. The Balaban J connectivity index is 1.51. The van der Waals surface area contributed by atoms with Crippen molar-refractivity contribution in [2.75, 3.05) is 10.2 Å². The van der Waals surface area contributed by atoms with Crippen LogP contribution >= 0.6 is 22.9 Å². The molecule has 4 N–H and O–H groups in total. The normalized spacial score (nSPS) is 27.8. The first kappa shape index (κ1) is 24.1. The minimum atomic E-state index is -1.51. The summed E-state index contributed by atoms with van der Waals surface area (Å²) in [7, 11) is 0. The highest BCUT2D eigenvalue weighted by Crippen LogP contribution is 2.56. The van der Waals surface area contributed by atoms with Gasteiger partial charge in [-0.2, -0.15) is 5.26 Å². The van der Waals surface area contributed by atoms with Crippen LogP contribution in [0.5, 0.6) is 0 Å². The molecule has 2 aromatic rings. The number of fused-ring (bicyclic) bond motifs is 5. The van der Waals surface area contributed by atoms with E-state index < -0.39 is 47.0 Å². The summed E-state index contributed by atoms with van der Waals surface area (Å²) in [5, 5.41) is 17.0. The number of anilines is 2. The third kappa shape index (κ3) is 3.17. The Morgan fingerprint density at radius 3 is 2.76 bits per heavy atom. The summed E-state index contributed by atoms with van der Waals surface area (Å²) in [6, 6.07) is 4.96. The number of carbonyl (C=O) groups excluding carboxylic acids is 4.